The summed E-state index contributed by atoms with van der Waals surface area (Å²) in [5, 5.41) is 2.71. The summed E-state index contributed by atoms with van der Waals surface area (Å²) in [4.78, 5) is 12.4. The van der Waals surface area contributed by atoms with E-state index >= 15 is 0 Å². The van der Waals surface area contributed by atoms with Crippen LogP contribution in [0, 0.1) is 6.92 Å². The quantitative estimate of drug-likeness (QED) is 0.386. The molecule has 0 heterocycles. The molecular formula is C25H29N3O6S2. The fraction of sp³-hybridized carbons (Fsp3) is 0.240. The maximum atomic E-state index is 12.8. The highest BCUT2D eigenvalue weighted by Crippen LogP contribution is 2.28. The third-order valence-electron chi connectivity index (χ3n) is 5.26. The second-order valence-corrected chi connectivity index (χ2v) is 11.7. The smallest absolute Gasteiger partial charge is 0.262 e. The lowest BCUT2D eigenvalue weighted by Crippen LogP contribution is -2.31. The molecule has 0 radical (unpaired) electrons. The number of hydrogen-bond donors (Lipinski definition) is 2. The number of para-hydroxylation sites is 1. The molecule has 0 bridgehead atoms. The van der Waals surface area contributed by atoms with Gasteiger partial charge in [0.05, 0.1) is 29.6 Å². The second-order valence-electron chi connectivity index (χ2n) is 8.16. The summed E-state index contributed by atoms with van der Waals surface area (Å²) in [6.45, 7) is 2.00. The van der Waals surface area contributed by atoms with Gasteiger partial charge in [0.15, 0.2) is 0 Å². The second kappa shape index (κ2) is 11.4. The number of aryl methyl sites for hydroxylation is 1. The maximum Gasteiger partial charge on any atom is 0.262 e. The van der Waals surface area contributed by atoms with Crippen LogP contribution in [0.1, 0.15) is 18.4 Å². The van der Waals surface area contributed by atoms with E-state index in [1.54, 1.807) is 42.5 Å². The molecule has 2 N–H and O–H groups in total. The summed E-state index contributed by atoms with van der Waals surface area (Å²) >= 11 is 0. The van der Waals surface area contributed by atoms with Gasteiger partial charge in [-0.1, -0.05) is 24.3 Å². The third-order valence-corrected chi connectivity index (χ3v) is 7.83. The molecule has 0 saturated carbocycles. The number of ether oxygens (including phenoxy) is 1. The number of sulfonamides is 2. The standard InChI is InChI=1S/C25H29N3O6S2/c1-19-11-16-24(34-2)23(18-19)27-36(32,33)22-14-12-20(13-15-22)26-25(29)10-7-17-28(35(3,30)31)21-8-5-4-6-9-21/h4-6,8-9,11-16,18,27H,7,10,17H2,1-3H3,(H,26,29). The van der Waals surface area contributed by atoms with Gasteiger partial charge in [-0.05, 0) is 67.4 Å². The van der Waals surface area contributed by atoms with Crippen molar-refractivity contribution in [1.82, 2.24) is 0 Å². The van der Waals surface area contributed by atoms with E-state index in [0.717, 1.165) is 11.8 Å². The van der Waals surface area contributed by atoms with E-state index in [0.29, 0.717) is 29.2 Å². The molecule has 36 heavy (non-hydrogen) atoms. The van der Waals surface area contributed by atoms with Crippen LogP contribution in [0.15, 0.2) is 77.7 Å². The van der Waals surface area contributed by atoms with Crippen LogP contribution in [-0.2, 0) is 24.8 Å². The maximum absolute atomic E-state index is 12.8. The fourth-order valence-corrected chi connectivity index (χ4v) is 5.54. The number of rotatable bonds is 11. The first kappa shape index (κ1) is 27.0. The lowest BCUT2D eigenvalue weighted by molar-refractivity contribution is -0.116. The monoisotopic (exact) mass is 531 g/mol. The van der Waals surface area contributed by atoms with E-state index in [1.165, 1.54) is 35.7 Å². The lowest BCUT2D eigenvalue weighted by Gasteiger charge is -2.22. The van der Waals surface area contributed by atoms with Crippen LogP contribution in [0.25, 0.3) is 0 Å². The molecule has 0 unspecified atom stereocenters. The summed E-state index contributed by atoms with van der Waals surface area (Å²) in [5.41, 5.74) is 2.16. The zero-order valence-corrected chi connectivity index (χ0v) is 21.9. The van der Waals surface area contributed by atoms with Crippen LogP contribution in [0.2, 0.25) is 0 Å². The Balaban J connectivity index is 1.59. The Morgan fingerprint density at radius 3 is 2.22 bits per heavy atom. The molecule has 3 rings (SSSR count). The molecule has 0 atom stereocenters. The van der Waals surface area contributed by atoms with Crippen molar-refractivity contribution in [2.45, 2.75) is 24.7 Å². The summed E-state index contributed by atoms with van der Waals surface area (Å²) in [6, 6.07) is 19.6. The average Bonchev–Trinajstić information content (AvgIpc) is 2.82. The van der Waals surface area contributed by atoms with Crippen molar-refractivity contribution in [3.8, 4) is 5.75 Å². The number of carbonyl (C=O) groups is 1. The molecule has 1 amide bonds. The number of anilines is 3. The summed E-state index contributed by atoms with van der Waals surface area (Å²) in [7, 11) is -5.91. The molecule has 0 saturated heterocycles. The Kier molecular flexibility index (Phi) is 8.59. The van der Waals surface area contributed by atoms with E-state index < -0.39 is 20.0 Å². The van der Waals surface area contributed by atoms with E-state index in [2.05, 4.69) is 10.0 Å². The van der Waals surface area contributed by atoms with Crippen LogP contribution in [-0.4, -0.2) is 42.7 Å². The van der Waals surface area contributed by atoms with Gasteiger partial charge in [-0.2, -0.15) is 0 Å². The van der Waals surface area contributed by atoms with E-state index in [4.69, 9.17) is 4.74 Å². The SMILES string of the molecule is COc1ccc(C)cc1NS(=O)(=O)c1ccc(NC(=O)CCCN(c2ccccc2)S(C)(=O)=O)cc1. The predicted octanol–water partition coefficient (Wildman–Crippen LogP) is 3.99. The van der Waals surface area contributed by atoms with Gasteiger partial charge in [0, 0.05) is 18.7 Å². The topological polar surface area (TPSA) is 122 Å². The Labute approximate surface area is 212 Å². The molecule has 0 aliphatic heterocycles. The first-order valence-electron chi connectivity index (χ1n) is 11.1. The highest BCUT2D eigenvalue weighted by atomic mass is 32.2. The minimum atomic E-state index is -3.88. The van der Waals surface area contributed by atoms with Crippen LogP contribution in [0.4, 0.5) is 17.1 Å². The molecule has 0 fully saturated rings. The minimum absolute atomic E-state index is 0.0238. The summed E-state index contributed by atoms with van der Waals surface area (Å²) < 4.78 is 58.9. The minimum Gasteiger partial charge on any atom is -0.495 e. The van der Waals surface area contributed by atoms with Crippen molar-refractivity contribution in [1.29, 1.82) is 0 Å². The predicted molar refractivity (Wildman–Crippen MR) is 141 cm³/mol. The zero-order valence-electron chi connectivity index (χ0n) is 20.3. The fourth-order valence-electron chi connectivity index (χ4n) is 3.51. The average molecular weight is 532 g/mol. The number of nitrogens with zero attached hydrogens (tertiary/aromatic N) is 1. The molecule has 3 aromatic rings. The highest BCUT2D eigenvalue weighted by Gasteiger charge is 2.18. The molecule has 0 spiro atoms. The summed E-state index contributed by atoms with van der Waals surface area (Å²) in [5.74, 6) is 0.0875. The van der Waals surface area contributed by atoms with Crippen molar-refractivity contribution in [2.75, 3.05) is 34.3 Å². The van der Waals surface area contributed by atoms with E-state index in [-0.39, 0.29) is 23.8 Å². The van der Waals surface area contributed by atoms with Gasteiger partial charge in [0.1, 0.15) is 5.75 Å². The van der Waals surface area contributed by atoms with Crippen LogP contribution in [0.5, 0.6) is 5.75 Å². The highest BCUT2D eigenvalue weighted by molar-refractivity contribution is 7.92. The number of amides is 1. The largest absolute Gasteiger partial charge is 0.495 e. The van der Waals surface area contributed by atoms with Gasteiger partial charge in [0.2, 0.25) is 15.9 Å². The van der Waals surface area contributed by atoms with Crippen LogP contribution >= 0.6 is 0 Å². The first-order valence-corrected chi connectivity index (χ1v) is 14.4. The van der Waals surface area contributed by atoms with Crippen molar-refractivity contribution in [3.63, 3.8) is 0 Å². The Morgan fingerprint density at radius 1 is 0.944 bits per heavy atom. The summed E-state index contributed by atoms with van der Waals surface area (Å²) in [6.07, 6.45) is 1.52. The number of hydrogen-bond acceptors (Lipinski definition) is 6. The van der Waals surface area contributed by atoms with Crippen molar-refractivity contribution < 1.29 is 26.4 Å². The molecule has 0 aliphatic rings. The normalized spacial score (nSPS) is 11.5. The Morgan fingerprint density at radius 2 is 1.61 bits per heavy atom. The van der Waals surface area contributed by atoms with Gasteiger partial charge < -0.3 is 10.1 Å². The van der Waals surface area contributed by atoms with Crippen LogP contribution < -0.4 is 19.1 Å². The number of nitrogens with one attached hydrogen (secondary N) is 2. The Hall–Kier alpha value is -3.57. The molecular weight excluding hydrogens is 502 g/mol. The van der Waals surface area contributed by atoms with E-state index in [1.807, 2.05) is 13.0 Å². The van der Waals surface area contributed by atoms with Gasteiger partial charge >= 0.3 is 0 Å². The van der Waals surface area contributed by atoms with E-state index in [9.17, 15) is 21.6 Å². The third kappa shape index (κ3) is 7.22. The first-order chi connectivity index (χ1) is 17.0. The van der Waals surface area contributed by atoms with Gasteiger partial charge in [-0.25, -0.2) is 16.8 Å². The van der Waals surface area contributed by atoms with Crippen molar-refractivity contribution in [3.05, 3.63) is 78.4 Å². The van der Waals surface area contributed by atoms with Gasteiger partial charge in [-0.15, -0.1) is 0 Å². The number of benzene rings is 3. The van der Waals surface area contributed by atoms with Crippen LogP contribution in [0.3, 0.4) is 0 Å². The zero-order chi connectivity index (χ0) is 26.3. The molecule has 0 aromatic heterocycles. The molecule has 3 aromatic carbocycles. The molecule has 9 nitrogen and oxygen atoms in total. The molecule has 0 aliphatic carbocycles. The lowest BCUT2D eigenvalue weighted by atomic mass is 10.2. The number of carbonyl (C=O) groups excluding carboxylic acids is 1. The van der Waals surface area contributed by atoms with Crippen molar-refractivity contribution >= 4 is 43.0 Å². The Bertz CT molecular complexity index is 1410. The molecule has 11 heteroatoms. The van der Waals surface area contributed by atoms with Gasteiger partial charge in [0.25, 0.3) is 10.0 Å². The number of methoxy groups -OCH3 is 1. The van der Waals surface area contributed by atoms with Crippen molar-refractivity contribution in [2.24, 2.45) is 0 Å². The van der Waals surface area contributed by atoms with Gasteiger partial charge in [-0.3, -0.25) is 13.8 Å². The molecule has 192 valence electrons.